The summed E-state index contributed by atoms with van der Waals surface area (Å²) in [5.41, 5.74) is 0.750. The summed E-state index contributed by atoms with van der Waals surface area (Å²) in [4.78, 5) is 0. The molecule has 4 heteroatoms. The van der Waals surface area contributed by atoms with Crippen LogP contribution in [0.4, 0.5) is 4.39 Å². The molecule has 1 aliphatic rings. The van der Waals surface area contributed by atoms with Crippen molar-refractivity contribution in [2.75, 3.05) is 39.9 Å². The molecule has 2 aromatic carbocycles. The van der Waals surface area contributed by atoms with Crippen molar-refractivity contribution in [3.63, 3.8) is 0 Å². The fourth-order valence-electron chi connectivity index (χ4n) is 3.69. The van der Waals surface area contributed by atoms with E-state index < -0.39 is 5.60 Å². The molecule has 0 bridgehead atoms. The molecule has 3 nitrogen and oxygen atoms in total. The van der Waals surface area contributed by atoms with E-state index in [1.54, 1.807) is 12.1 Å². The molecule has 1 saturated heterocycles. The number of rotatable bonds is 5. The van der Waals surface area contributed by atoms with E-state index in [2.05, 4.69) is 19.2 Å². The Morgan fingerprint density at radius 1 is 1.08 bits per heavy atom. The minimum Gasteiger partial charge on any atom is -0.385 e. The Bertz CT molecular complexity index is 679. The molecule has 0 spiro atoms. The Hall–Kier alpha value is -1.75. The summed E-state index contributed by atoms with van der Waals surface area (Å²) >= 11 is 0. The average molecular weight is 344 g/mol. The number of morpholine rings is 1. The number of likely N-dealkylation sites (N-methyl/N-ethyl adjacent to an activating group) is 1. The van der Waals surface area contributed by atoms with Gasteiger partial charge in [0.25, 0.3) is 0 Å². The van der Waals surface area contributed by atoms with Crippen molar-refractivity contribution in [1.82, 2.24) is 0 Å². The molecular weight excluding hydrogens is 317 g/mol. The first-order valence-electron chi connectivity index (χ1n) is 8.85. The van der Waals surface area contributed by atoms with E-state index in [0.29, 0.717) is 0 Å². The summed E-state index contributed by atoms with van der Waals surface area (Å²) < 4.78 is 19.7. The predicted octanol–water partition coefficient (Wildman–Crippen LogP) is 3.29. The molecule has 0 aromatic heterocycles. The van der Waals surface area contributed by atoms with Gasteiger partial charge in [0.15, 0.2) is 0 Å². The van der Waals surface area contributed by atoms with E-state index in [1.807, 2.05) is 25.1 Å². The van der Waals surface area contributed by atoms with E-state index in [4.69, 9.17) is 4.74 Å². The van der Waals surface area contributed by atoms with Crippen LogP contribution in [0.15, 0.2) is 54.6 Å². The maximum atomic E-state index is 13.3. The van der Waals surface area contributed by atoms with Gasteiger partial charge in [-0.3, -0.25) is 0 Å². The first-order chi connectivity index (χ1) is 11.9. The van der Waals surface area contributed by atoms with Crippen LogP contribution < -0.4 is 0 Å². The summed E-state index contributed by atoms with van der Waals surface area (Å²) in [5, 5.41) is 11.5. The first kappa shape index (κ1) is 18.1. The number of benzene rings is 2. The largest absolute Gasteiger partial charge is 0.385 e. The van der Waals surface area contributed by atoms with Crippen LogP contribution in [0, 0.1) is 5.82 Å². The van der Waals surface area contributed by atoms with Gasteiger partial charge in [-0.25, -0.2) is 4.39 Å². The Balaban J connectivity index is 1.96. The van der Waals surface area contributed by atoms with Crippen LogP contribution in [0.5, 0.6) is 0 Å². The lowest BCUT2D eigenvalue weighted by molar-refractivity contribution is -0.919. The summed E-state index contributed by atoms with van der Waals surface area (Å²) in [7, 11) is 2.22. The molecule has 25 heavy (non-hydrogen) atoms. The fraction of sp³-hybridized carbons (Fsp3) is 0.429. The summed E-state index contributed by atoms with van der Waals surface area (Å²) in [6, 6.07) is 16.3. The molecule has 0 amide bonds. The molecular formula is C21H27FNO2+. The van der Waals surface area contributed by atoms with Gasteiger partial charge in [-0.2, -0.15) is 0 Å². The molecule has 0 aliphatic carbocycles. The van der Waals surface area contributed by atoms with Crippen LogP contribution in [0.25, 0.3) is 0 Å². The van der Waals surface area contributed by atoms with Crippen molar-refractivity contribution in [3.05, 3.63) is 71.5 Å². The Labute approximate surface area is 149 Å². The van der Waals surface area contributed by atoms with Crippen molar-refractivity contribution in [1.29, 1.82) is 0 Å². The smallest absolute Gasteiger partial charge is 0.123 e. The van der Waals surface area contributed by atoms with Crippen LogP contribution in [0.2, 0.25) is 0 Å². The summed E-state index contributed by atoms with van der Waals surface area (Å²) in [5.74, 6) is -0.384. The highest BCUT2D eigenvalue weighted by atomic mass is 19.1. The van der Waals surface area contributed by atoms with Crippen LogP contribution in [0.1, 0.15) is 24.0 Å². The standard InChI is InChI=1S/C21H27FNO2/c1-21(24,18-8-10-19(22)11-9-18)20(17-6-4-3-5-7-17)16-23(2)12-14-25-15-13-23/h3-11,20,24H,12-16H2,1-2H3/q+1/t20-,21-/m0/s1. The quantitative estimate of drug-likeness (QED) is 0.844. The fourth-order valence-corrected chi connectivity index (χ4v) is 3.69. The van der Waals surface area contributed by atoms with Crippen molar-refractivity contribution in [3.8, 4) is 0 Å². The molecule has 0 saturated carbocycles. The predicted molar refractivity (Wildman–Crippen MR) is 96.8 cm³/mol. The molecule has 0 unspecified atom stereocenters. The molecule has 2 aromatic rings. The van der Waals surface area contributed by atoms with Gasteiger partial charge in [-0.15, -0.1) is 0 Å². The number of nitrogens with zero attached hydrogens (tertiary/aromatic N) is 1. The Kier molecular flexibility index (Phi) is 5.23. The van der Waals surface area contributed by atoms with Gasteiger partial charge < -0.3 is 14.3 Å². The molecule has 134 valence electrons. The maximum absolute atomic E-state index is 13.3. The number of halogens is 1. The van der Waals surface area contributed by atoms with Crippen molar-refractivity contribution in [2.45, 2.75) is 18.4 Å². The van der Waals surface area contributed by atoms with Gasteiger partial charge in [0.1, 0.15) is 18.9 Å². The number of ether oxygens (including phenoxy) is 1. The van der Waals surface area contributed by atoms with Gasteiger partial charge >= 0.3 is 0 Å². The van der Waals surface area contributed by atoms with Crippen LogP contribution in [-0.4, -0.2) is 49.5 Å². The normalized spacial score (nSPS) is 20.6. The van der Waals surface area contributed by atoms with Gasteiger partial charge in [-0.1, -0.05) is 42.5 Å². The third kappa shape index (κ3) is 4.09. The van der Waals surface area contributed by atoms with Gasteiger partial charge in [0.2, 0.25) is 0 Å². The van der Waals surface area contributed by atoms with Crippen molar-refractivity contribution < 1.29 is 18.7 Å². The molecule has 1 N–H and O–H groups in total. The summed E-state index contributed by atoms with van der Waals surface area (Å²) in [6.07, 6.45) is 0. The highest BCUT2D eigenvalue weighted by molar-refractivity contribution is 5.31. The van der Waals surface area contributed by atoms with Gasteiger partial charge in [0, 0.05) is 0 Å². The molecule has 0 radical (unpaired) electrons. The Morgan fingerprint density at radius 2 is 1.68 bits per heavy atom. The number of quaternary nitrogens is 1. The highest BCUT2D eigenvalue weighted by Crippen LogP contribution is 2.38. The third-order valence-electron chi connectivity index (χ3n) is 5.48. The van der Waals surface area contributed by atoms with Gasteiger partial charge in [0.05, 0.1) is 38.3 Å². The minimum absolute atomic E-state index is 0.0951. The lowest BCUT2D eigenvalue weighted by Gasteiger charge is -2.43. The van der Waals surface area contributed by atoms with Crippen LogP contribution >= 0.6 is 0 Å². The second-order valence-electron chi connectivity index (χ2n) is 7.48. The monoisotopic (exact) mass is 344 g/mol. The molecule has 2 atom stereocenters. The zero-order chi connectivity index (χ0) is 17.9. The van der Waals surface area contributed by atoms with E-state index in [1.165, 1.54) is 12.1 Å². The summed E-state index contributed by atoms with van der Waals surface area (Å²) in [6.45, 7) is 6.00. The topological polar surface area (TPSA) is 29.5 Å². The van der Waals surface area contributed by atoms with Crippen molar-refractivity contribution in [2.24, 2.45) is 0 Å². The highest BCUT2D eigenvalue weighted by Gasteiger charge is 2.41. The average Bonchev–Trinajstić information content (AvgIpc) is 2.61. The van der Waals surface area contributed by atoms with E-state index in [-0.39, 0.29) is 11.7 Å². The molecule has 1 fully saturated rings. The van der Waals surface area contributed by atoms with Crippen LogP contribution in [-0.2, 0) is 10.3 Å². The molecule has 1 aliphatic heterocycles. The second kappa shape index (κ2) is 7.24. The number of hydrogen-bond acceptors (Lipinski definition) is 2. The first-order valence-corrected chi connectivity index (χ1v) is 8.85. The SMILES string of the molecule is C[C@](O)(c1ccc(F)cc1)[C@@H](C[N+]1(C)CCOCC1)c1ccccc1. The minimum atomic E-state index is -1.09. The second-order valence-corrected chi connectivity index (χ2v) is 7.48. The molecule has 3 rings (SSSR count). The number of hydrogen-bond donors (Lipinski definition) is 1. The maximum Gasteiger partial charge on any atom is 0.123 e. The molecule has 1 heterocycles. The van der Waals surface area contributed by atoms with Crippen LogP contribution in [0.3, 0.4) is 0 Å². The van der Waals surface area contributed by atoms with E-state index >= 15 is 0 Å². The zero-order valence-corrected chi connectivity index (χ0v) is 15.0. The lowest BCUT2D eigenvalue weighted by atomic mass is 9.78. The zero-order valence-electron chi connectivity index (χ0n) is 15.0. The van der Waals surface area contributed by atoms with E-state index in [9.17, 15) is 9.50 Å². The number of aliphatic hydroxyl groups is 1. The van der Waals surface area contributed by atoms with Crippen molar-refractivity contribution >= 4 is 0 Å². The van der Waals surface area contributed by atoms with Gasteiger partial charge in [-0.05, 0) is 30.2 Å². The van der Waals surface area contributed by atoms with E-state index in [0.717, 1.165) is 48.5 Å². The lowest BCUT2D eigenvalue weighted by Crippen LogP contribution is -2.55. The Morgan fingerprint density at radius 3 is 2.28 bits per heavy atom. The third-order valence-corrected chi connectivity index (χ3v) is 5.48.